The van der Waals surface area contributed by atoms with Gasteiger partial charge in [-0.3, -0.25) is 0 Å². The highest BCUT2D eigenvalue weighted by Gasteiger charge is 2.41. The van der Waals surface area contributed by atoms with Crippen molar-refractivity contribution in [2.24, 2.45) is 5.92 Å². The van der Waals surface area contributed by atoms with E-state index in [1.54, 1.807) is 0 Å². The van der Waals surface area contributed by atoms with E-state index >= 15 is 0 Å². The largest absolute Gasteiger partial charge is 0.414 e. The number of aliphatic hydroxyl groups is 2. The molecule has 0 radical (unpaired) electrons. The van der Waals surface area contributed by atoms with E-state index in [-0.39, 0.29) is 0 Å². The fourth-order valence-corrected chi connectivity index (χ4v) is 0.422. The topological polar surface area (TPSA) is 40.5 Å². The molecule has 62 valence electrons. The quantitative estimate of drug-likeness (QED) is 0.615. The van der Waals surface area contributed by atoms with Gasteiger partial charge in [-0.1, -0.05) is 6.92 Å². The van der Waals surface area contributed by atoms with Crippen LogP contribution >= 0.6 is 0 Å². The molecule has 2 nitrogen and oxygen atoms in total. The van der Waals surface area contributed by atoms with Crippen LogP contribution in [0.25, 0.3) is 0 Å². The van der Waals surface area contributed by atoms with Gasteiger partial charge in [0, 0.05) is 12.5 Å². The van der Waals surface area contributed by atoms with Crippen LogP contribution in [0, 0.1) is 5.92 Å². The first-order valence-corrected chi connectivity index (χ1v) is 2.75. The minimum absolute atomic E-state index is 0.666. The first-order chi connectivity index (χ1) is 4.39. The van der Waals surface area contributed by atoms with Crippen LogP contribution in [0.3, 0.4) is 0 Å². The molecule has 0 rings (SSSR count). The standard InChI is InChI=1S/C5H9F3O2/c1-3(2-9)4(10)5(6,7)8/h3-4,9-10H,2H2,1H3. The van der Waals surface area contributed by atoms with Crippen molar-refractivity contribution in [1.29, 1.82) is 0 Å². The van der Waals surface area contributed by atoms with Crippen LogP contribution in [0.1, 0.15) is 6.92 Å². The van der Waals surface area contributed by atoms with Crippen molar-refractivity contribution in [2.75, 3.05) is 6.61 Å². The molecule has 0 saturated heterocycles. The first-order valence-electron chi connectivity index (χ1n) is 2.75. The molecule has 0 spiro atoms. The Morgan fingerprint density at radius 1 is 1.40 bits per heavy atom. The van der Waals surface area contributed by atoms with Gasteiger partial charge in [0.15, 0.2) is 6.10 Å². The lowest BCUT2D eigenvalue weighted by Gasteiger charge is -2.18. The third kappa shape index (κ3) is 2.53. The molecule has 2 N–H and O–H groups in total. The van der Waals surface area contributed by atoms with Gasteiger partial charge in [-0.05, 0) is 0 Å². The van der Waals surface area contributed by atoms with Gasteiger partial charge in [-0.15, -0.1) is 0 Å². The van der Waals surface area contributed by atoms with Gasteiger partial charge >= 0.3 is 6.18 Å². The Morgan fingerprint density at radius 2 is 1.80 bits per heavy atom. The molecule has 5 heteroatoms. The molecule has 10 heavy (non-hydrogen) atoms. The van der Waals surface area contributed by atoms with Crippen molar-refractivity contribution >= 4 is 0 Å². The fraction of sp³-hybridized carbons (Fsp3) is 1.00. The lowest BCUT2D eigenvalue weighted by Crippen LogP contribution is -2.36. The summed E-state index contributed by atoms with van der Waals surface area (Å²) >= 11 is 0. The van der Waals surface area contributed by atoms with E-state index in [9.17, 15) is 13.2 Å². The molecule has 0 aliphatic rings. The summed E-state index contributed by atoms with van der Waals surface area (Å²) in [5, 5.41) is 16.6. The first kappa shape index (κ1) is 9.71. The van der Waals surface area contributed by atoms with Gasteiger partial charge in [-0.2, -0.15) is 13.2 Å². The zero-order valence-electron chi connectivity index (χ0n) is 5.39. The monoisotopic (exact) mass is 158 g/mol. The van der Waals surface area contributed by atoms with E-state index in [2.05, 4.69) is 0 Å². The molecule has 2 atom stereocenters. The van der Waals surface area contributed by atoms with Gasteiger partial charge in [0.2, 0.25) is 0 Å². The van der Waals surface area contributed by atoms with Gasteiger partial charge < -0.3 is 10.2 Å². The summed E-state index contributed by atoms with van der Waals surface area (Å²) in [5.74, 6) is -1.15. The zero-order valence-corrected chi connectivity index (χ0v) is 5.39. The molecule has 0 saturated carbocycles. The lowest BCUT2D eigenvalue weighted by atomic mass is 10.1. The highest BCUT2D eigenvalue weighted by Crippen LogP contribution is 2.24. The maximum Gasteiger partial charge on any atom is 0.414 e. The van der Waals surface area contributed by atoms with Gasteiger partial charge in [0.25, 0.3) is 0 Å². The molecule has 0 aromatic rings. The third-order valence-electron chi connectivity index (χ3n) is 1.16. The summed E-state index contributed by atoms with van der Waals surface area (Å²) in [6.07, 6.45) is -7.04. The van der Waals surface area contributed by atoms with Crippen molar-refractivity contribution < 1.29 is 23.4 Å². The Labute approximate surface area is 56.3 Å². The summed E-state index contributed by atoms with van der Waals surface area (Å²) in [6, 6.07) is 0. The minimum atomic E-state index is -4.62. The van der Waals surface area contributed by atoms with Crippen molar-refractivity contribution in [3.63, 3.8) is 0 Å². The molecule has 0 aliphatic carbocycles. The Balaban J connectivity index is 3.94. The second-order valence-electron chi connectivity index (χ2n) is 2.15. The van der Waals surface area contributed by atoms with Crippen LogP contribution in [-0.2, 0) is 0 Å². The molecule has 0 fully saturated rings. The summed E-state index contributed by atoms with van der Waals surface area (Å²) < 4.78 is 34.6. The third-order valence-corrected chi connectivity index (χ3v) is 1.16. The van der Waals surface area contributed by atoms with E-state index in [1.807, 2.05) is 0 Å². The van der Waals surface area contributed by atoms with Gasteiger partial charge in [0.05, 0.1) is 0 Å². The number of hydrogen-bond acceptors (Lipinski definition) is 2. The summed E-state index contributed by atoms with van der Waals surface area (Å²) in [7, 11) is 0. The van der Waals surface area contributed by atoms with Crippen LogP contribution in [0.2, 0.25) is 0 Å². The summed E-state index contributed by atoms with van der Waals surface area (Å²) in [6.45, 7) is 0.457. The minimum Gasteiger partial charge on any atom is -0.396 e. The molecule has 0 heterocycles. The molecule has 0 aromatic carbocycles. The Hall–Kier alpha value is -0.290. The van der Waals surface area contributed by atoms with Crippen molar-refractivity contribution in [2.45, 2.75) is 19.2 Å². The maximum atomic E-state index is 11.5. The summed E-state index contributed by atoms with van der Waals surface area (Å²) in [4.78, 5) is 0. The number of hydrogen-bond donors (Lipinski definition) is 2. The van der Waals surface area contributed by atoms with E-state index in [0.717, 1.165) is 6.92 Å². The van der Waals surface area contributed by atoms with Crippen molar-refractivity contribution in [3.05, 3.63) is 0 Å². The van der Waals surface area contributed by atoms with Crippen LogP contribution in [0.5, 0.6) is 0 Å². The highest BCUT2D eigenvalue weighted by molar-refractivity contribution is 4.70. The van der Waals surface area contributed by atoms with Crippen LogP contribution in [0.15, 0.2) is 0 Å². The van der Waals surface area contributed by atoms with E-state index < -0.39 is 24.8 Å². The summed E-state index contributed by atoms with van der Waals surface area (Å²) in [5.41, 5.74) is 0. The highest BCUT2D eigenvalue weighted by atomic mass is 19.4. The van der Waals surface area contributed by atoms with Crippen LogP contribution in [0.4, 0.5) is 13.2 Å². The molecule has 0 bridgehead atoms. The average Bonchev–Trinajstić information content (AvgIpc) is 1.83. The SMILES string of the molecule is CC(CO)C(O)C(F)(F)F. The van der Waals surface area contributed by atoms with E-state index in [4.69, 9.17) is 10.2 Å². The van der Waals surface area contributed by atoms with Gasteiger partial charge in [0.1, 0.15) is 0 Å². The number of rotatable bonds is 2. The Kier molecular flexibility index (Phi) is 3.11. The predicted molar refractivity (Wildman–Crippen MR) is 28.3 cm³/mol. The second-order valence-corrected chi connectivity index (χ2v) is 2.15. The molecular formula is C5H9F3O2. The smallest absolute Gasteiger partial charge is 0.396 e. The Bertz CT molecular complexity index is 102. The number of halogens is 3. The normalized spacial score (nSPS) is 18.6. The van der Waals surface area contributed by atoms with E-state index in [1.165, 1.54) is 0 Å². The predicted octanol–water partition coefficient (Wildman–Crippen LogP) is 0.538. The lowest BCUT2D eigenvalue weighted by molar-refractivity contribution is -0.220. The molecule has 0 aliphatic heterocycles. The number of aliphatic hydroxyl groups excluding tert-OH is 2. The van der Waals surface area contributed by atoms with Crippen molar-refractivity contribution in [1.82, 2.24) is 0 Å². The zero-order chi connectivity index (χ0) is 8.36. The van der Waals surface area contributed by atoms with Crippen LogP contribution in [-0.4, -0.2) is 29.1 Å². The molecular weight excluding hydrogens is 149 g/mol. The average molecular weight is 158 g/mol. The van der Waals surface area contributed by atoms with Crippen molar-refractivity contribution in [3.8, 4) is 0 Å². The fourth-order valence-electron chi connectivity index (χ4n) is 0.422. The second kappa shape index (κ2) is 3.21. The Morgan fingerprint density at radius 3 is 1.90 bits per heavy atom. The van der Waals surface area contributed by atoms with E-state index in [0.29, 0.717) is 0 Å². The maximum absolute atomic E-state index is 11.5. The molecule has 0 amide bonds. The number of alkyl halides is 3. The molecule has 2 unspecified atom stereocenters. The van der Waals surface area contributed by atoms with Gasteiger partial charge in [-0.25, -0.2) is 0 Å². The van der Waals surface area contributed by atoms with Crippen LogP contribution < -0.4 is 0 Å². The molecule has 0 aromatic heterocycles.